The van der Waals surface area contributed by atoms with Gasteiger partial charge in [-0.3, -0.25) is 0 Å². The lowest BCUT2D eigenvalue weighted by atomic mass is 9.79. The van der Waals surface area contributed by atoms with Crippen LogP contribution in [-0.4, -0.2) is 15.0 Å². The van der Waals surface area contributed by atoms with E-state index in [2.05, 4.69) is 179 Å². The van der Waals surface area contributed by atoms with E-state index in [-0.39, 0.29) is 21.7 Å². The third-order valence-corrected chi connectivity index (χ3v) is 12.1. The maximum atomic E-state index is 6.93. The van der Waals surface area contributed by atoms with Crippen molar-refractivity contribution in [1.29, 1.82) is 0 Å². The maximum absolute atomic E-state index is 6.93. The lowest BCUT2D eigenvalue weighted by Crippen LogP contribution is -2.16. The quantitative estimate of drug-likeness (QED) is 0.179. The van der Waals surface area contributed by atoms with Gasteiger partial charge in [0.05, 0.1) is 0 Å². The van der Waals surface area contributed by atoms with E-state index in [1.165, 1.54) is 44.3 Å². The minimum absolute atomic E-state index is 0.00497. The van der Waals surface area contributed by atoms with Gasteiger partial charge in [-0.1, -0.05) is 179 Å². The molecule has 0 spiro atoms. The van der Waals surface area contributed by atoms with E-state index < -0.39 is 0 Å². The van der Waals surface area contributed by atoms with Gasteiger partial charge >= 0.3 is 0 Å². The van der Waals surface area contributed by atoms with E-state index in [1.807, 2.05) is 18.2 Å². The second-order valence-corrected chi connectivity index (χ2v) is 19.8. The van der Waals surface area contributed by atoms with Gasteiger partial charge in [0, 0.05) is 44.0 Å². The van der Waals surface area contributed by atoms with Crippen LogP contribution in [0.3, 0.4) is 0 Å². The minimum Gasteiger partial charge on any atom is -0.455 e. The van der Waals surface area contributed by atoms with Gasteiger partial charge in [0.25, 0.3) is 0 Å². The third-order valence-electron chi connectivity index (χ3n) is 12.1. The van der Waals surface area contributed by atoms with E-state index in [0.29, 0.717) is 17.5 Å². The molecule has 6 aromatic carbocycles. The van der Waals surface area contributed by atoms with Crippen molar-refractivity contribution in [1.82, 2.24) is 15.0 Å². The highest BCUT2D eigenvalue weighted by Crippen LogP contribution is 2.52. The average molecular weight is 760 g/mol. The normalized spacial score (nSPS) is 13.9. The maximum Gasteiger partial charge on any atom is 0.164 e. The zero-order valence-electron chi connectivity index (χ0n) is 35.8. The van der Waals surface area contributed by atoms with Crippen LogP contribution in [0.25, 0.3) is 78.4 Å². The fourth-order valence-corrected chi connectivity index (χ4v) is 8.79. The molecule has 290 valence electrons. The van der Waals surface area contributed by atoms with Gasteiger partial charge in [-0.15, -0.1) is 0 Å². The summed E-state index contributed by atoms with van der Waals surface area (Å²) in [6.45, 7) is 25.2. The second-order valence-electron chi connectivity index (χ2n) is 19.8. The van der Waals surface area contributed by atoms with Gasteiger partial charge in [-0.2, -0.15) is 0 Å². The lowest BCUT2D eigenvalue weighted by molar-refractivity contribution is 0.550. The van der Waals surface area contributed by atoms with Crippen LogP contribution in [0.4, 0.5) is 0 Å². The van der Waals surface area contributed by atoms with E-state index in [0.717, 1.165) is 44.4 Å². The molecule has 1 aliphatic rings. The molecule has 0 unspecified atom stereocenters. The molecule has 1 aliphatic carbocycles. The van der Waals surface area contributed by atoms with Gasteiger partial charge < -0.3 is 4.42 Å². The summed E-state index contributed by atoms with van der Waals surface area (Å²) in [7, 11) is 0. The summed E-state index contributed by atoms with van der Waals surface area (Å²) in [5, 5.41) is 2.34. The summed E-state index contributed by atoms with van der Waals surface area (Å²) in [6.07, 6.45) is 0. The van der Waals surface area contributed by atoms with Crippen molar-refractivity contribution in [2.24, 2.45) is 0 Å². The number of benzene rings is 6. The highest BCUT2D eigenvalue weighted by atomic mass is 16.3. The molecule has 4 nitrogen and oxygen atoms in total. The van der Waals surface area contributed by atoms with Crippen LogP contribution in [0.1, 0.15) is 104 Å². The summed E-state index contributed by atoms with van der Waals surface area (Å²) in [5.74, 6) is 1.98. The standard InChI is InChI=1S/C54H53N3O/c1-51(2,3)36-30-40-39-28-35(29-43(52(4,5)6)46(39)58-47(40)44(31-36)53(7,8)9)32-24-26-34(27-25-32)49-55-48(33-18-13-12-14-19-33)56-50(57-49)38-21-17-23-42-45(38)37-20-15-16-22-41(37)54(42,10)11/h12-31H,1-11H3. The molecule has 0 aliphatic heterocycles. The molecular formula is C54H53N3O. The van der Waals surface area contributed by atoms with Crippen molar-refractivity contribution < 1.29 is 4.42 Å². The van der Waals surface area contributed by atoms with E-state index in [1.54, 1.807) is 0 Å². The van der Waals surface area contributed by atoms with Crippen LogP contribution >= 0.6 is 0 Å². The average Bonchev–Trinajstić information content (AvgIpc) is 3.68. The van der Waals surface area contributed by atoms with Crippen LogP contribution in [0.5, 0.6) is 0 Å². The highest BCUT2D eigenvalue weighted by molar-refractivity contribution is 6.09. The van der Waals surface area contributed by atoms with E-state index in [9.17, 15) is 0 Å². The van der Waals surface area contributed by atoms with E-state index in [4.69, 9.17) is 19.4 Å². The first-order chi connectivity index (χ1) is 27.4. The fraction of sp³-hybridized carbons (Fsp3) is 0.278. The first kappa shape index (κ1) is 37.7. The van der Waals surface area contributed by atoms with Crippen molar-refractivity contribution in [3.63, 3.8) is 0 Å². The summed E-state index contributed by atoms with van der Waals surface area (Å²) in [6, 6.07) is 43.6. The van der Waals surface area contributed by atoms with Crippen molar-refractivity contribution in [3.05, 3.63) is 149 Å². The molecule has 0 bridgehead atoms. The molecule has 0 saturated carbocycles. The molecule has 0 fully saturated rings. The summed E-state index contributed by atoms with van der Waals surface area (Å²) in [4.78, 5) is 15.5. The van der Waals surface area contributed by atoms with Crippen molar-refractivity contribution in [2.75, 3.05) is 0 Å². The fourth-order valence-electron chi connectivity index (χ4n) is 8.79. The lowest BCUT2D eigenvalue weighted by Gasteiger charge is -2.25. The Bertz CT molecular complexity index is 2890. The van der Waals surface area contributed by atoms with Crippen LogP contribution in [0, 0.1) is 0 Å². The molecule has 0 saturated heterocycles. The Kier molecular flexibility index (Phi) is 8.50. The third kappa shape index (κ3) is 6.25. The van der Waals surface area contributed by atoms with Crippen molar-refractivity contribution in [2.45, 2.75) is 97.8 Å². The smallest absolute Gasteiger partial charge is 0.164 e. The molecule has 9 rings (SSSR count). The molecule has 0 N–H and O–H groups in total. The first-order valence-electron chi connectivity index (χ1n) is 20.6. The Morgan fingerprint density at radius 2 is 0.948 bits per heavy atom. The number of hydrogen-bond donors (Lipinski definition) is 0. The Morgan fingerprint density at radius 1 is 0.431 bits per heavy atom. The Hall–Kier alpha value is -5.87. The van der Waals surface area contributed by atoms with Gasteiger partial charge in [0.2, 0.25) is 0 Å². The molecule has 2 heterocycles. The van der Waals surface area contributed by atoms with Crippen LogP contribution in [0.15, 0.2) is 126 Å². The number of nitrogens with zero attached hydrogens (tertiary/aromatic N) is 3. The van der Waals surface area contributed by atoms with Crippen molar-refractivity contribution in [3.8, 4) is 56.4 Å². The second kappa shape index (κ2) is 13.1. The Labute approximate surface area is 343 Å². The van der Waals surface area contributed by atoms with Gasteiger partial charge in [-0.25, -0.2) is 15.0 Å². The monoisotopic (exact) mass is 759 g/mol. The number of hydrogen-bond acceptors (Lipinski definition) is 4. The zero-order chi connectivity index (χ0) is 40.9. The predicted molar refractivity (Wildman–Crippen MR) is 243 cm³/mol. The SMILES string of the molecule is CC(C)(C)c1cc(C(C)(C)C)c2oc3c(C(C)(C)C)cc(-c4ccc(-c5nc(-c6ccccc6)nc(-c6cccc7c6-c6ccccc6C7(C)C)n5)cc4)cc3c2c1. The Morgan fingerprint density at radius 3 is 1.59 bits per heavy atom. The van der Waals surface area contributed by atoms with Crippen molar-refractivity contribution >= 4 is 21.9 Å². The highest BCUT2D eigenvalue weighted by Gasteiger charge is 2.37. The molecule has 2 aromatic heterocycles. The van der Waals surface area contributed by atoms with Crippen LogP contribution in [-0.2, 0) is 21.7 Å². The molecule has 0 atom stereocenters. The number of aromatic nitrogens is 3. The number of rotatable bonds is 4. The van der Waals surface area contributed by atoms with Gasteiger partial charge in [0.1, 0.15) is 11.2 Å². The largest absolute Gasteiger partial charge is 0.455 e. The molecule has 8 aromatic rings. The van der Waals surface area contributed by atoms with Gasteiger partial charge in [-0.05, 0) is 73.4 Å². The van der Waals surface area contributed by atoms with Crippen LogP contribution in [0.2, 0.25) is 0 Å². The van der Waals surface area contributed by atoms with Crippen LogP contribution < -0.4 is 0 Å². The number of fused-ring (bicyclic) bond motifs is 6. The summed E-state index contributed by atoms with van der Waals surface area (Å²) >= 11 is 0. The minimum atomic E-state index is -0.140. The topological polar surface area (TPSA) is 51.8 Å². The molecular weight excluding hydrogens is 707 g/mol. The number of furan rings is 1. The molecule has 0 amide bonds. The molecule has 0 radical (unpaired) electrons. The zero-order valence-corrected chi connectivity index (χ0v) is 35.8. The van der Waals surface area contributed by atoms with Gasteiger partial charge in [0.15, 0.2) is 17.5 Å². The molecule has 58 heavy (non-hydrogen) atoms. The Balaban J connectivity index is 1.20. The molecule has 4 heteroatoms. The summed E-state index contributed by atoms with van der Waals surface area (Å²) < 4.78 is 6.93. The predicted octanol–water partition coefficient (Wildman–Crippen LogP) is 14.6. The van der Waals surface area contributed by atoms with E-state index >= 15 is 0 Å². The first-order valence-corrected chi connectivity index (χ1v) is 20.6. The summed E-state index contributed by atoms with van der Waals surface area (Å²) in [5.41, 5.74) is 15.7.